The standard InChI is InChI=1S/C16H26N2O/c1-13(2)18(3)10-6-9-17-12-15-11-14-7-4-5-8-16(14)19-15/h4-5,7-8,13,15,17H,6,9-12H2,1-3H3. The number of ether oxygens (including phenoxy) is 1. The van der Waals surface area contributed by atoms with Crippen molar-refractivity contribution in [2.45, 2.75) is 38.8 Å². The second-order valence-electron chi connectivity index (χ2n) is 5.68. The van der Waals surface area contributed by atoms with Gasteiger partial charge in [-0.15, -0.1) is 0 Å². The lowest BCUT2D eigenvalue weighted by Crippen LogP contribution is -2.33. The molecule has 3 nitrogen and oxygen atoms in total. The lowest BCUT2D eigenvalue weighted by atomic mass is 10.1. The van der Waals surface area contributed by atoms with Crippen molar-refractivity contribution < 1.29 is 4.74 Å². The van der Waals surface area contributed by atoms with E-state index < -0.39 is 0 Å². The molecule has 1 unspecified atom stereocenters. The molecular formula is C16H26N2O. The zero-order valence-corrected chi connectivity index (χ0v) is 12.4. The van der Waals surface area contributed by atoms with Crippen LogP contribution in [-0.2, 0) is 6.42 Å². The van der Waals surface area contributed by atoms with Crippen molar-refractivity contribution in [3.63, 3.8) is 0 Å². The summed E-state index contributed by atoms with van der Waals surface area (Å²) in [5.41, 5.74) is 1.34. The quantitative estimate of drug-likeness (QED) is 0.763. The minimum Gasteiger partial charge on any atom is -0.488 e. The first-order chi connectivity index (χ1) is 9.16. The van der Waals surface area contributed by atoms with Crippen LogP contribution in [0.15, 0.2) is 24.3 Å². The number of para-hydroxylation sites is 1. The fourth-order valence-corrected chi connectivity index (χ4v) is 2.34. The molecule has 0 saturated heterocycles. The van der Waals surface area contributed by atoms with Gasteiger partial charge in [-0.1, -0.05) is 18.2 Å². The summed E-state index contributed by atoms with van der Waals surface area (Å²) in [6.45, 7) is 7.62. The molecule has 0 amide bonds. The van der Waals surface area contributed by atoms with Gasteiger partial charge in [-0.25, -0.2) is 0 Å². The molecule has 0 radical (unpaired) electrons. The van der Waals surface area contributed by atoms with Crippen LogP contribution in [-0.4, -0.2) is 43.7 Å². The van der Waals surface area contributed by atoms with Gasteiger partial charge in [0, 0.05) is 19.0 Å². The van der Waals surface area contributed by atoms with E-state index in [1.165, 1.54) is 12.0 Å². The molecule has 0 bridgehead atoms. The number of fused-ring (bicyclic) bond motifs is 1. The van der Waals surface area contributed by atoms with Crippen LogP contribution < -0.4 is 10.1 Å². The van der Waals surface area contributed by atoms with E-state index in [-0.39, 0.29) is 0 Å². The summed E-state index contributed by atoms with van der Waals surface area (Å²) < 4.78 is 5.90. The molecule has 1 aliphatic rings. The predicted molar refractivity (Wildman–Crippen MR) is 79.8 cm³/mol. The SMILES string of the molecule is CC(C)N(C)CCCNCC1Cc2ccccc2O1. The topological polar surface area (TPSA) is 24.5 Å². The van der Waals surface area contributed by atoms with Crippen molar-refractivity contribution in [1.29, 1.82) is 0 Å². The third-order valence-corrected chi connectivity index (χ3v) is 3.83. The smallest absolute Gasteiger partial charge is 0.123 e. The summed E-state index contributed by atoms with van der Waals surface area (Å²) in [6, 6.07) is 8.98. The molecular weight excluding hydrogens is 236 g/mol. The Labute approximate surface area is 116 Å². The van der Waals surface area contributed by atoms with Gasteiger partial charge in [0.1, 0.15) is 11.9 Å². The zero-order chi connectivity index (χ0) is 13.7. The Bertz CT molecular complexity index is 367. The lowest BCUT2D eigenvalue weighted by molar-refractivity contribution is 0.224. The van der Waals surface area contributed by atoms with Crippen molar-refractivity contribution in [2.75, 3.05) is 26.7 Å². The number of nitrogens with one attached hydrogen (secondary N) is 1. The summed E-state index contributed by atoms with van der Waals surface area (Å²) in [4.78, 5) is 2.38. The van der Waals surface area contributed by atoms with Crippen LogP contribution in [0.25, 0.3) is 0 Å². The molecule has 106 valence electrons. The van der Waals surface area contributed by atoms with Gasteiger partial charge in [0.2, 0.25) is 0 Å². The highest BCUT2D eigenvalue weighted by molar-refractivity contribution is 5.37. The second kappa shape index (κ2) is 6.92. The molecule has 1 aromatic carbocycles. The molecule has 0 spiro atoms. The van der Waals surface area contributed by atoms with Gasteiger partial charge in [-0.3, -0.25) is 0 Å². The largest absolute Gasteiger partial charge is 0.488 e. The van der Waals surface area contributed by atoms with E-state index in [9.17, 15) is 0 Å². The highest BCUT2D eigenvalue weighted by Gasteiger charge is 2.21. The molecule has 1 aromatic rings. The van der Waals surface area contributed by atoms with E-state index in [4.69, 9.17) is 4.74 Å². The van der Waals surface area contributed by atoms with Gasteiger partial charge in [-0.05, 0) is 52.0 Å². The maximum Gasteiger partial charge on any atom is 0.123 e. The van der Waals surface area contributed by atoms with Gasteiger partial charge < -0.3 is 15.0 Å². The Morgan fingerprint density at radius 3 is 2.89 bits per heavy atom. The van der Waals surface area contributed by atoms with E-state index in [1.54, 1.807) is 0 Å². The summed E-state index contributed by atoms with van der Waals surface area (Å²) in [6.07, 6.45) is 2.53. The first-order valence-corrected chi connectivity index (χ1v) is 7.32. The van der Waals surface area contributed by atoms with Crippen molar-refractivity contribution in [3.8, 4) is 5.75 Å². The van der Waals surface area contributed by atoms with E-state index in [2.05, 4.69) is 49.3 Å². The Morgan fingerprint density at radius 1 is 1.37 bits per heavy atom. The van der Waals surface area contributed by atoms with Gasteiger partial charge in [-0.2, -0.15) is 0 Å². The molecule has 1 N–H and O–H groups in total. The highest BCUT2D eigenvalue weighted by atomic mass is 16.5. The molecule has 19 heavy (non-hydrogen) atoms. The average molecular weight is 262 g/mol. The molecule has 0 aromatic heterocycles. The minimum atomic E-state index is 0.306. The Hall–Kier alpha value is -1.06. The monoisotopic (exact) mass is 262 g/mol. The van der Waals surface area contributed by atoms with Crippen LogP contribution >= 0.6 is 0 Å². The molecule has 3 heteroatoms. The molecule has 1 heterocycles. The number of benzene rings is 1. The van der Waals surface area contributed by atoms with Crippen molar-refractivity contribution >= 4 is 0 Å². The lowest BCUT2D eigenvalue weighted by Gasteiger charge is -2.21. The van der Waals surface area contributed by atoms with E-state index >= 15 is 0 Å². The van der Waals surface area contributed by atoms with Gasteiger partial charge in [0.15, 0.2) is 0 Å². The van der Waals surface area contributed by atoms with Crippen LogP contribution in [0.1, 0.15) is 25.8 Å². The molecule has 2 rings (SSSR count). The van der Waals surface area contributed by atoms with Crippen molar-refractivity contribution in [1.82, 2.24) is 10.2 Å². The van der Waals surface area contributed by atoms with Crippen molar-refractivity contribution in [3.05, 3.63) is 29.8 Å². The van der Waals surface area contributed by atoms with E-state index in [0.717, 1.165) is 31.8 Å². The summed E-state index contributed by atoms with van der Waals surface area (Å²) in [5.74, 6) is 1.06. The minimum absolute atomic E-state index is 0.306. The molecule has 0 aliphatic carbocycles. The fraction of sp³-hybridized carbons (Fsp3) is 0.625. The van der Waals surface area contributed by atoms with Crippen LogP contribution in [0.5, 0.6) is 5.75 Å². The summed E-state index contributed by atoms with van der Waals surface area (Å²) in [7, 11) is 2.18. The first-order valence-electron chi connectivity index (χ1n) is 7.32. The maximum atomic E-state index is 5.90. The molecule has 1 aliphatic heterocycles. The highest BCUT2D eigenvalue weighted by Crippen LogP contribution is 2.27. The van der Waals surface area contributed by atoms with Gasteiger partial charge >= 0.3 is 0 Å². The normalized spacial score (nSPS) is 17.8. The molecule has 0 fully saturated rings. The maximum absolute atomic E-state index is 5.90. The van der Waals surface area contributed by atoms with Gasteiger partial charge in [0.25, 0.3) is 0 Å². The molecule has 1 atom stereocenters. The van der Waals surface area contributed by atoms with Crippen LogP contribution in [0.3, 0.4) is 0 Å². The number of hydrogen-bond acceptors (Lipinski definition) is 3. The van der Waals surface area contributed by atoms with Crippen LogP contribution in [0.4, 0.5) is 0 Å². The number of nitrogens with zero attached hydrogens (tertiary/aromatic N) is 1. The molecule has 0 saturated carbocycles. The summed E-state index contributed by atoms with van der Waals surface area (Å²) in [5, 5.41) is 3.50. The Kier molecular flexibility index (Phi) is 5.23. The van der Waals surface area contributed by atoms with Crippen LogP contribution in [0.2, 0.25) is 0 Å². The third kappa shape index (κ3) is 4.22. The predicted octanol–water partition coefficient (Wildman–Crippen LogP) is 2.31. The van der Waals surface area contributed by atoms with Crippen molar-refractivity contribution in [2.24, 2.45) is 0 Å². The Balaban J connectivity index is 1.59. The zero-order valence-electron chi connectivity index (χ0n) is 12.4. The number of rotatable bonds is 7. The average Bonchev–Trinajstić information content (AvgIpc) is 2.80. The third-order valence-electron chi connectivity index (χ3n) is 3.83. The Morgan fingerprint density at radius 2 is 2.16 bits per heavy atom. The van der Waals surface area contributed by atoms with E-state index in [0.29, 0.717) is 12.1 Å². The second-order valence-corrected chi connectivity index (χ2v) is 5.68. The summed E-state index contributed by atoms with van der Waals surface area (Å²) >= 11 is 0. The van der Waals surface area contributed by atoms with Gasteiger partial charge in [0.05, 0.1) is 0 Å². The van der Waals surface area contributed by atoms with E-state index in [1.807, 2.05) is 6.07 Å². The first kappa shape index (κ1) is 14.4. The van der Waals surface area contributed by atoms with Crippen LogP contribution in [0, 0.1) is 0 Å². The number of hydrogen-bond donors (Lipinski definition) is 1. The fourth-order valence-electron chi connectivity index (χ4n) is 2.34.